The zero-order valence-corrected chi connectivity index (χ0v) is 10.6. The minimum Gasteiger partial charge on any atom is -0.436 e. The molecule has 0 fully saturated rings. The summed E-state index contributed by atoms with van der Waals surface area (Å²) in [5, 5.41) is 3.19. The molecule has 0 saturated heterocycles. The molecule has 0 aliphatic rings. The third-order valence-electron chi connectivity index (χ3n) is 2.33. The average Bonchev–Trinajstić information content (AvgIpc) is 2.40. The van der Waals surface area contributed by atoms with Crippen molar-refractivity contribution >= 4 is 0 Å². The average molecular weight is 244 g/mol. The van der Waals surface area contributed by atoms with Gasteiger partial charge in [-0.3, -0.25) is 9.97 Å². The highest BCUT2D eigenvalue weighted by molar-refractivity contribution is 5.24. The highest BCUT2D eigenvalue weighted by atomic mass is 16.5. The third-order valence-corrected chi connectivity index (χ3v) is 2.33. The number of nitrogens with one attached hydrogen (secondary N) is 1. The van der Waals surface area contributed by atoms with Crippen molar-refractivity contribution in [3.8, 4) is 11.6 Å². The van der Waals surface area contributed by atoms with Gasteiger partial charge in [0.1, 0.15) is 5.75 Å². The van der Waals surface area contributed by atoms with Crippen LogP contribution in [0, 0.1) is 6.92 Å². The van der Waals surface area contributed by atoms with Crippen molar-refractivity contribution in [3.05, 3.63) is 42.1 Å². The van der Waals surface area contributed by atoms with Gasteiger partial charge < -0.3 is 10.1 Å². The van der Waals surface area contributed by atoms with E-state index in [1.54, 1.807) is 18.6 Å². The Kier molecular flexibility index (Phi) is 4.20. The van der Waals surface area contributed by atoms with Gasteiger partial charge >= 0.3 is 0 Å². The zero-order valence-electron chi connectivity index (χ0n) is 10.6. The van der Waals surface area contributed by atoms with Gasteiger partial charge in [-0.1, -0.05) is 6.92 Å². The second kappa shape index (κ2) is 6.07. The molecule has 2 aromatic rings. The van der Waals surface area contributed by atoms with Gasteiger partial charge in [-0.2, -0.15) is 0 Å². The molecule has 0 unspecified atom stereocenters. The summed E-state index contributed by atoms with van der Waals surface area (Å²) in [6.45, 7) is 5.56. The molecule has 0 spiro atoms. The van der Waals surface area contributed by atoms with E-state index in [0.29, 0.717) is 18.2 Å². The maximum absolute atomic E-state index is 5.59. The highest BCUT2D eigenvalue weighted by Gasteiger charge is 2.01. The molecule has 2 aromatic heterocycles. The SMILES string of the molecule is CCNCc1cncc(Oc2ccc(C)nc2)n1. The van der Waals surface area contributed by atoms with Gasteiger partial charge in [-0.05, 0) is 25.6 Å². The molecule has 0 atom stereocenters. The molecule has 0 amide bonds. The summed E-state index contributed by atoms with van der Waals surface area (Å²) in [4.78, 5) is 12.6. The Morgan fingerprint density at radius 1 is 1.22 bits per heavy atom. The summed E-state index contributed by atoms with van der Waals surface area (Å²) in [6, 6.07) is 3.76. The molecule has 0 aliphatic carbocycles. The Hall–Kier alpha value is -2.01. The summed E-state index contributed by atoms with van der Waals surface area (Å²) < 4.78 is 5.59. The molecule has 94 valence electrons. The fraction of sp³-hybridized carbons (Fsp3) is 0.308. The molecule has 0 aliphatic heterocycles. The lowest BCUT2D eigenvalue weighted by Gasteiger charge is -2.06. The van der Waals surface area contributed by atoms with E-state index in [1.807, 2.05) is 26.0 Å². The Morgan fingerprint density at radius 2 is 2.11 bits per heavy atom. The second-order valence-electron chi connectivity index (χ2n) is 3.87. The van der Waals surface area contributed by atoms with Crippen LogP contribution in [0.15, 0.2) is 30.7 Å². The smallest absolute Gasteiger partial charge is 0.238 e. The van der Waals surface area contributed by atoms with Crippen LogP contribution in [0.1, 0.15) is 18.3 Å². The molecule has 1 N–H and O–H groups in total. The molecule has 0 bridgehead atoms. The van der Waals surface area contributed by atoms with E-state index in [2.05, 4.69) is 20.3 Å². The predicted octanol–water partition coefficient (Wildman–Crippen LogP) is 2.08. The quantitative estimate of drug-likeness (QED) is 0.872. The Bertz CT molecular complexity index is 499. The number of nitrogens with zero attached hydrogens (tertiary/aromatic N) is 3. The van der Waals surface area contributed by atoms with Crippen LogP contribution in [0.3, 0.4) is 0 Å². The minimum atomic E-state index is 0.482. The lowest BCUT2D eigenvalue weighted by atomic mass is 10.4. The van der Waals surface area contributed by atoms with Gasteiger partial charge in [0.05, 0.1) is 18.1 Å². The lowest BCUT2D eigenvalue weighted by molar-refractivity contribution is 0.454. The van der Waals surface area contributed by atoms with Gasteiger partial charge in [0, 0.05) is 18.4 Å². The van der Waals surface area contributed by atoms with Gasteiger partial charge in [0.2, 0.25) is 5.88 Å². The summed E-state index contributed by atoms with van der Waals surface area (Å²) in [5.41, 5.74) is 1.81. The highest BCUT2D eigenvalue weighted by Crippen LogP contribution is 2.17. The number of pyridine rings is 1. The first-order valence-corrected chi connectivity index (χ1v) is 5.90. The zero-order chi connectivity index (χ0) is 12.8. The van der Waals surface area contributed by atoms with Crippen LogP contribution in [0.25, 0.3) is 0 Å². The molecule has 0 radical (unpaired) electrons. The summed E-state index contributed by atoms with van der Waals surface area (Å²) >= 11 is 0. The van der Waals surface area contributed by atoms with E-state index in [1.165, 1.54) is 0 Å². The summed E-state index contributed by atoms with van der Waals surface area (Å²) in [5.74, 6) is 1.14. The third kappa shape index (κ3) is 3.49. The minimum absolute atomic E-state index is 0.482. The van der Waals surface area contributed by atoms with Crippen LogP contribution in [0.4, 0.5) is 0 Å². The monoisotopic (exact) mass is 244 g/mol. The van der Waals surface area contributed by atoms with Crippen LogP contribution in [0.2, 0.25) is 0 Å². The number of aromatic nitrogens is 3. The van der Waals surface area contributed by atoms with Crippen molar-refractivity contribution in [2.45, 2.75) is 20.4 Å². The van der Waals surface area contributed by atoms with Crippen molar-refractivity contribution in [1.82, 2.24) is 20.3 Å². The Balaban J connectivity index is 2.06. The van der Waals surface area contributed by atoms with Gasteiger partial charge in [0.25, 0.3) is 0 Å². The molecule has 5 heteroatoms. The molecule has 18 heavy (non-hydrogen) atoms. The van der Waals surface area contributed by atoms with Crippen molar-refractivity contribution in [2.75, 3.05) is 6.54 Å². The number of rotatable bonds is 5. The fourth-order valence-corrected chi connectivity index (χ4v) is 1.41. The molecular formula is C13H16N4O. The second-order valence-corrected chi connectivity index (χ2v) is 3.87. The Labute approximate surface area is 106 Å². The summed E-state index contributed by atoms with van der Waals surface area (Å²) in [7, 11) is 0. The maximum Gasteiger partial charge on any atom is 0.238 e. The van der Waals surface area contributed by atoms with E-state index in [-0.39, 0.29) is 0 Å². The first-order chi connectivity index (χ1) is 8.78. The van der Waals surface area contributed by atoms with Gasteiger partial charge in [-0.15, -0.1) is 0 Å². The topological polar surface area (TPSA) is 59.9 Å². The van der Waals surface area contributed by atoms with Crippen LogP contribution < -0.4 is 10.1 Å². The van der Waals surface area contributed by atoms with E-state index in [0.717, 1.165) is 17.9 Å². The molecule has 0 aromatic carbocycles. The van der Waals surface area contributed by atoms with E-state index < -0.39 is 0 Å². The summed E-state index contributed by atoms with van der Waals surface area (Å²) in [6.07, 6.45) is 4.99. The van der Waals surface area contributed by atoms with Crippen LogP contribution >= 0.6 is 0 Å². The predicted molar refractivity (Wildman–Crippen MR) is 68.5 cm³/mol. The van der Waals surface area contributed by atoms with Crippen LogP contribution in [-0.2, 0) is 6.54 Å². The fourth-order valence-electron chi connectivity index (χ4n) is 1.41. The largest absolute Gasteiger partial charge is 0.436 e. The van der Waals surface area contributed by atoms with Gasteiger partial charge in [0.15, 0.2) is 0 Å². The number of hydrogen-bond acceptors (Lipinski definition) is 5. The lowest BCUT2D eigenvalue weighted by Crippen LogP contribution is -2.13. The molecule has 2 heterocycles. The Morgan fingerprint density at radius 3 is 2.83 bits per heavy atom. The van der Waals surface area contributed by atoms with Crippen LogP contribution in [0.5, 0.6) is 11.6 Å². The molecule has 2 rings (SSSR count). The van der Waals surface area contributed by atoms with Crippen molar-refractivity contribution in [1.29, 1.82) is 0 Å². The normalized spacial score (nSPS) is 10.3. The van der Waals surface area contributed by atoms with E-state index in [4.69, 9.17) is 4.74 Å². The maximum atomic E-state index is 5.59. The number of ether oxygens (including phenoxy) is 1. The number of hydrogen-bond donors (Lipinski definition) is 1. The standard InChI is InChI=1S/C13H16N4O/c1-3-14-6-11-7-15-9-13(17-11)18-12-5-4-10(2)16-8-12/h4-5,7-9,14H,3,6H2,1-2H3. The van der Waals surface area contributed by atoms with E-state index >= 15 is 0 Å². The van der Waals surface area contributed by atoms with Gasteiger partial charge in [-0.25, -0.2) is 4.98 Å². The molecular weight excluding hydrogens is 228 g/mol. The van der Waals surface area contributed by atoms with Crippen molar-refractivity contribution in [3.63, 3.8) is 0 Å². The number of aryl methyl sites for hydroxylation is 1. The van der Waals surface area contributed by atoms with Crippen molar-refractivity contribution < 1.29 is 4.74 Å². The molecule has 5 nitrogen and oxygen atoms in total. The molecule has 0 saturated carbocycles. The van der Waals surface area contributed by atoms with E-state index in [9.17, 15) is 0 Å². The first kappa shape index (κ1) is 12.4. The van der Waals surface area contributed by atoms with Crippen molar-refractivity contribution in [2.24, 2.45) is 0 Å². The van der Waals surface area contributed by atoms with Crippen LogP contribution in [-0.4, -0.2) is 21.5 Å². The first-order valence-electron chi connectivity index (χ1n) is 5.90.